The van der Waals surface area contributed by atoms with Gasteiger partial charge in [-0.05, 0) is 53.9 Å². The van der Waals surface area contributed by atoms with Gasteiger partial charge in [0.05, 0.1) is 38.5 Å². The molecular formula is C30H40N2O6. The van der Waals surface area contributed by atoms with Gasteiger partial charge in [0, 0.05) is 13.1 Å². The molecule has 0 bridgehead atoms. The maximum atomic E-state index is 13.5. The Bertz CT molecular complexity index is 1210. The normalized spacial score (nSPS) is 17.3. The van der Waals surface area contributed by atoms with E-state index in [1.54, 1.807) is 31.4 Å². The van der Waals surface area contributed by atoms with Gasteiger partial charge in [0.15, 0.2) is 11.5 Å². The maximum absolute atomic E-state index is 13.5. The van der Waals surface area contributed by atoms with E-state index in [2.05, 4.69) is 39.5 Å². The van der Waals surface area contributed by atoms with Crippen molar-refractivity contribution in [1.82, 2.24) is 9.80 Å². The number of carbonyl (C=O) groups is 2. The van der Waals surface area contributed by atoms with Gasteiger partial charge in [-0.15, -0.1) is 0 Å². The number of benzene rings is 2. The number of Topliss-reactive ketones (excluding diaryl/α,β-unsaturated/α-hetero) is 1. The summed E-state index contributed by atoms with van der Waals surface area (Å²) >= 11 is 0. The molecule has 1 amide bonds. The number of aliphatic hydroxyl groups excluding tert-OH is 1. The zero-order chi connectivity index (χ0) is 28.2. The Morgan fingerprint density at radius 2 is 1.53 bits per heavy atom. The van der Waals surface area contributed by atoms with E-state index in [-0.39, 0.29) is 16.7 Å². The SMILES string of the molecule is CCN(CC)CCN1C(=O)C(=O)/C(=C(/O)c2cc(C(C)(C)C)ccc2OC)C1c1ccc(OC)c(OC)c1. The first-order chi connectivity index (χ1) is 18.0. The van der Waals surface area contributed by atoms with Crippen molar-refractivity contribution in [2.75, 3.05) is 47.5 Å². The molecule has 1 aliphatic heterocycles. The number of likely N-dealkylation sites (tertiary alicyclic amines) is 1. The van der Waals surface area contributed by atoms with E-state index >= 15 is 0 Å². The highest BCUT2D eigenvalue weighted by molar-refractivity contribution is 6.46. The van der Waals surface area contributed by atoms with Crippen LogP contribution in [0.1, 0.15) is 57.4 Å². The fourth-order valence-electron chi connectivity index (χ4n) is 4.77. The zero-order valence-corrected chi connectivity index (χ0v) is 23.8. The Labute approximate surface area is 225 Å². The number of ether oxygens (including phenoxy) is 3. The molecule has 2 aromatic rings. The summed E-state index contributed by atoms with van der Waals surface area (Å²) in [4.78, 5) is 30.7. The molecule has 1 fully saturated rings. The van der Waals surface area contributed by atoms with E-state index < -0.39 is 17.7 Å². The van der Waals surface area contributed by atoms with Crippen LogP contribution in [0.25, 0.3) is 5.76 Å². The van der Waals surface area contributed by atoms with Gasteiger partial charge in [-0.1, -0.05) is 46.8 Å². The largest absolute Gasteiger partial charge is 0.507 e. The van der Waals surface area contributed by atoms with Crippen molar-refractivity contribution in [3.05, 3.63) is 58.7 Å². The van der Waals surface area contributed by atoms with Crippen LogP contribution >= 0.6 is 0 Å². The molecule has 0 aromatic heterocycles. The number of hydrogen-bond acceptors (Lipinski definition) is 7. The van der Waals surface area contributed by atoms with Crippen LogP contribution in [0.15, 0.2) is 42.0 Å². The second-order valence-electron chi connectivity index (χ2n) is 10.3. The molecule has 0 spiro atoms. The van der Waals surface area contributed by atoms with Gasteiger partial charge in [0.2, 0.25) is 0 Å². The minimum absolute atomic E-state index is 0.0196. The van der Waals surface area contributed by atoms with Crippen molar-refractivity contribution in [3.8, 4) is 17.2 Å². The molecule has 8 heteroatoms. The van der Waals surface area contributed by atoms with Crippen molar-refractivity contribution in [3.63, 3.8) is 0 Å². The predicted molar refractivity (Wildman–Crippen MR) is 148 cm³/mol. The van der Waals surface area contributed by atoms with Crippen molar-refractivity contribution in [2.24, 2.45) is 0 Å². The van der Waals surface area contributed by atoms with Gasteiger partial charge in [-0.25, -0.2) is 0 Å². The van der Waals surface area contributed by atoms with Crippen molar-refractivity contribution < 1.29 is 28.9 Å². The van der Waals surface area contributed by atoms with E-state index in [4.69, 9.17) is 14.2 Å². The number of rotatable bonds is 10. The molecule has 0 saturated carbocycles. The van der Waals surface area contributed by atoms with Crippen molar-refractivity contribution in [1.29, 1.82) is 0 Å². The van der Waals surface area contributed by atoms with Gasteiger partial charge in [0.1, 0.15) is 11.5 Å². The lowest BCUT2D eigenvalue weighted by Crippen LogP contribution is -2.38. The van der Waals surface area contributed by atoms with E-state index in [0.29, 0.717) is 41.5 Å². The molecule has 0 radical (unpaired) electrons. The first-order valence-electron chi connectivity index (χ1n) is 12.9. The summed E-state index contributed by atoms with van der Waals surface area (Å²) in [5.74, 6) is -0.246. The molecular weight excluding hydrogens is 484 g/mol. The molecule has 1 unspecified atom stereocenters. The summed E-state index contributed by atoms with van der Waals surface area (Å²) in [5, 5.41) is 11.7. The number of likely N-dealkylation sites (N-methyl/N-ethyl adjacent to an activating group) is 1. The number of methoxy groups -OCH3 is 3. The Kier molecular flexibility index (Phi) is 9.09. The van der Waals surface area contributed by atoms with E-state index in [1.807, 2.05) is 12.1 Å². The van der Waals surface area contributed by atoms with Crippen LogP contribution in [0.2, 0.25) is 0 Å². The fraction of sp³-hybridized carbons (Fsp3) is 0.467. The number of carbonyl (C=O) groups excluding carboxylic acids is 2. The Hall–Kier alpha value is -3.52. The molecule has 1 atom stereocenters. The number of ketones is 1. The highest BCUT2D eigenvalue weighted by Gasteiger charge is 2.46. The molecule has 3 rings (SSSR count). The van der Waals surface area contributed by atoms with E-state index in [0.717, 1.165) is 18.7 Å². The molecule has 0 aliphatic carbocycles. The Balaban J connectivity index is 2.26. The topological polar surface area (TPSA) is 88.5 Å². The van der Waals surface area contributed by atoms with Crippen LogP contribution in [0.3, 0.4) is 0 Å². The zero-order valence-electron chi connectivity index (χ0n) is 23.8. The highest BCUT2D eigenvalue weighted by atomic mass is 16.5. The minimum atomic E-state index is -0.812. The van der Waals surface area contributed by atoms with Crippen LogP contribution in [-0.2, 0) is 15.0 Å². The first kappa shape index (κ1) is 29.0. The molecule has 1 saturated heterocycles. The average Bonchev–Trinajstić information content (AvgIpc) is 3.16. The molecule has 1 heterocycles. The molecule has 8 nitrogen and oxygen atoms in total. The summed E-state index contributed by atoms with van der Waals surface area (Å²) in [7, 11) is 4.58. The second kappa shape index (κ2) is 11.9. The molecule has 1 aliphatic rings. The third kappa shape index (κ3) is 5.65. The summed E-state index contributed by atoms with van der Waals surface area (Å²) in [6.07, 6.45) is 0. The Morgan fingerprint density at radius 3 is 2.08 bits per heavy atom. The molecule has 206 valence electrons. The van der Waals surface area contributed by atoms with Gasteiger partial charge in [-0.3, -0.25) is 9.59 Å². The minimum Gasteiger partial charge on any atom is -0.507 e. The van der Waals surface area contributed by atoms with Crippen LogP contribution in [-0.4, -0.2) is 74.1 Å². The number of hydrogen-bond donors (Lipinski definition) is 1. The molecule has 2 aromatic carbocycles. The highest BCUT2D eigenvalue weighted by Crippen LogP contribution is 2.43. The molecule has 38 heavy (non-hydrogen) atoms. The molecule has 1 N–H and O–H groups in total. The maximum Gasteiger partial charge on any atom is 0.295 e. The third-order valence-corrected chi connectivity index (χ3v) is 7.14. The third-order valence-electron chi connectivity index (χ3n) is 7.14. The lowest BCUT2D eigenvalue weighted by molar-refractivity contribution is -0.140. The summed E-state index contributed by atoms with van der Waals surface area (Å²) in [6.45, 7) is 12.8. The number of amides is 1. The number of nitrogens with zero attached hydrogens (tertiary/aromatic N) is 2. The van der Waals surface area contributed by atoms with E-state index in [1.165, 1.54) is 19.1 Å². The van der Waals surface area contributed by atoms with Gasteiger partial charge >= 0.3 is 0 Å². The number of aliphatic hydroxyl groups is 1. The predicted octanol–water partition coefficient (Wildman–Crippen LogP) is 4.77. The van der Waals surface area contributed by atoms with Gasteiger partial charge in [-0.2, -0.15) is 0 Å². The fourth-order valence-corrected chi connectivity index (χ4v) is 4.77. The second-order valence-corrected chi connectivity index (χ2v) is 10.3. The lowest BCUT2D eigenvalue weighted by atomic mass is 9.85. The van der Waals surface area contributed by atoms with Gasteiger partial charge < -0.3 is 29.1 Å². The monoisotopic (exact) mass is 524 g/mol. The van der Waals surface area contributed by atoms with Crippen LogP contribution < -0.4 is 14.2 Å². The van der Waals surface area contributed by atoms with Crippen LogP contribution in [0.5, 0.6) is 17.2 Å². The smallest absolute Gasteiger partial charge is 0.295 e. The Morgan fingerprint density at radius 1 is 0.921 bits per heavy atom. The quantitative estimate of drug-likeness (QED) is 0.272. The lowest BCUT2D eigenvalue weighted by Gasteiger charge is -2.28. The van der Waals surface area contributed by atoms with Gasteiger partial charge in [0.25, 0.3) is 11.7 Å². The van der Waals surface area contributed by atoms with Crippen molar-refractivity contribution in [2.45, 2.75) is 46.1 Å². The van der Waals surface area contributed by atoms with Crippen molar-refractivity contribution >= 4 is 17.4 Å². The summed E-state index contributed by atoms with van der Waals surface area (Å²) in [6, 6.07) is 9.99. The summed E-state index contributed by atoms with van der Waals surface area (Å²) in [5.41, 5.74) is 1.77. The standard InChI is InChI=1S/C30H40N2O6/c1-9-31(10-2)15-16-32-26(19-11-13-23(37-7)24(17-19)38-8)25(28(34)29(32)35)27(33)21-18-20(30(3,4)5)12-14-22(21)36-6/h11-14,17-18,26,33H,9-10,15-16H2,1-8H3/b27-25+. The summed E-state index contributed by atoms with van der Waals surface area (Å²) < 4.78 is 16.5. The van der Waals surface area contributed by atoms with Crippen LogP contribution in [0.4, 0.5) is 0 Å². The van der Waals surface area contributed by atoms with Crippen LogP contribution in [0, 0.1) is 0 Å². The average molecular weight is 525 g/mol. The first-order valence-corrected chi connectivity index (χ1v) is 12.9. The van der Waals surface area contributed by atoms with E-state index in [9.17, 15) is 14.7 Å².